The summed E-state index contributed by atoms with van der Waals surface area (Å²) in [6.07, 6.45) is 0. The summed E-state index contributed by atoms with van der Waals surface area (Å²) >= 11 is 1.83. The van der Waals surface area contributed by atoms with Gasteiger partial charge in [0.1, 0.15) is 17.3 Å². The van der Waals surface area contributed by atoms with Crippen molar-refractivity contribution in [1.82, 2.24) is 24.1 Å². The van der Waals surface area contributed by atoms with Crippen LogP contribution in [-0.4, -0.2) is 24.1 Å². The van der Waals surface area contributed by atoms with Crippen molar-refractivity contribution in [3.63, 3.8) is 0 Å². The highest BCUT2D eigenvalue weighted by Gasteiger charge is 2.27. The summed E-state index contributed by atoms with van der Waals surface area (Å²) in [6, 6.07) is 78.6. The number of hydrogen-bond acceptors (Lipinski definition) is 6. The molecule has 0 atom stereocenters. The predicted molar refractivity (Wildman–Crippen MR) is 295 cm³/mol. The summed E-state index contributed by atoms with van der Waals surface area (Å²) in [5.74, 6) is 1.51. The number of nitrogens with zero attached hydrogens (tertiary/aromatic N) is 6. The molecule has 15 aromatic rings. The number of para-hydroxylation sites is 3. The fourth-order valence-electron chi connectivity index (χ4n) is 11.0. The maximum Gasteiger partial charge on any atom is 0.164 e. The lowest BCUT2D eigenvalue weighted by Gasteiger charge is -2.14. The summed E-state index contributed by atoms with van der Waals surface area (Å²) < 4.78 is 14.2. The third-order valence-electron chi connectivity index (χ3n) is 14.2. The van der Waals surface area contributed by atoms with Crippen LogP contribution in [0.1, 0.15) is 5.56 Å². The largest absolute Gasteiger partial charge is 0.454 e. The Morgan fingerprint density at radius 3 is 1.68 bits per heavy atom. The molecule has 7 nitrogen and oxygen atoms in total. The lowest BCUT2D eigenvalue weighted by atomic mass is 10.00. The lowest BCUT2D eigenvalue weighted by Crippen LogP contribution is -2.03. The van der Waals surface area contributed by atoms with Gasteiger partial charge in [-0.1, -0.05) is 146 Å². The van der Waals surface area contributed by atoms with Gasteiger partial charge in [0, 0.05) is 74.9 Å². The van der Waals surface area contributed by atoms with Crippen molar-refractivity contribution >= 4 is 97.1 Å². The highest BCUT2D eigenvalue weighted by molar-refractivity contribution is 7.25. The van der Waals surface area contributed by atoms with Gasteiger partial charge in [0.15, 0.2) is 23.1 Å². The summed E-state index contributed by atoms with van der Waals surface area (Å²) in [7, 11) is 0. The van der Waals surface area contributed by atoms with E-state index < -0.39 is 0 Å². The molecule has 0 spiro atoms. The zero-order valence-corrected chi connectivity index (χ0v) is 39.1. The van der Waals surface area contributed by atoms with Crippen molar-refractivity contribution in [2.45, 2.75) is 0 Å². The smallest absolute Gasteiger partial charge is 0.164 e. The van der Waals surface area contributed by atoms with Crippen LogP contribution in [0.5, 0.6) is 0 Å². The van der Waals surface area contributed by atoms with Gasteiger partial charge in [0.2, 0.25) is 0 Å². The molecule has 0 saturated heterocycles. The molecule has 0 radical (unpaired) electrons. The number of hydrogen-bond donors (Lipinski definition) is 0. The van der Waals surface area contributed by atoms with Crippen LogP contribution in [0.15, 0.2) is 223 Å². The highest BCUT2D eigenvalue weighted by atomic mass is 32.1. The third-order valence-corrected chi connectivity index (χ3v) is 15.3. The van der Waals surface area contributed by atoms with Gasteiger partial charge in [0.05, 0.1) is 27.6 Å². The first-order valence-electron chi connectivity index (χ1n) is 23.9. The number of benzene rings is 10. The van der Waals surface area contributed by atoms with Gasteiger partial charge in [-0.25, -0.2) is 15.0 Å². The minimum atomic E-state index is 0.420. The van der Waals surface area contributed by atoms with E-state index in [2.05, 4.69) is 149 Å². The normalized spacial score (nSPS) is 11.9. The summed E-state index contributed by atoms with van der Waals surface area (Å²) in [5, 5.41) is 20.1. The Kier molecular flexibility index (Phi) is 8.76. The van der Waals surface area contributed by atoms with Crippen molar-refractivity contribution in [3.8, 4) is 62.7 Å². The Morgan fingerprint density at radius 2 is 0.944 bits per heavy atom. The number of aromatic nitrogens is 5. The maximum atomic E-state index is 11.6. The lowest BCUT2D eigenvalue weighted by molar-refractivity contribution is 0.666. The molecule has 0 unspecified atom stereocenters. The van der Waals surface area contributed by atoms with E-state index in [-0.39, 0.29) is 0 Å². The maximum absolute atomic E-state index is 11.6. The summed E-state index contributed by atoms with van der Waals surface area (Å²) in [5.41, 5.74) is 12.2. The fraction of sp³-hybridized carbons (Fsp3) is 0. The molecule has 334 valence electrons. The summed E-state index contributed by atoms with van der Waals surface area (Å²) in [4.78, 5) is 15.4. The van der Waals surface area contributed by atoms with Crippen LogP contribution in [0.3, 0.4) is 0 Å². The number of nitriles is 1. The zero-order chi connectivity index (χ0) is 47.4. The SMILES string of the molecule is N#Cc1cc(-c2nc(-c3ccccc3)nc(-c3ccccc3)n2)c2c(oc3ccccc32)c1-n1c2ccc(-c3ccc4sc5ccccc5c4c3)cc2c2cc3c(cc21)c1ccccc1n3-c1ccccc1. The van der Waals surface area contributed by atoms with E-state index >= 15 is 0 Å². The van der Waals surface area contributed by atoms with Gasteiger partial charge >= 0.3 is 0 Å². The number of thiophene rings is 1. The molecule has 0 fully saturated rings. The predicted octanol–water partition coefficient (Wildman–Crippen LogP) is 16.9. The molecule has 5 aromatic heterocycles. The van der Waals surface area contributed by atoms with Crippen LogP contribution in [0.25, 0.3) is 142 Å². The molecular weight excluding hydrogens is 901 g/mol. The molecule has 8 heteroatoms. The Bertz CT molecular complexity index is 4690. The minimum absolute atomic E-state index is 0.420. The Labute approximate surface area is 415 Å². The molecule has 0 bridgehead atoms. The van der Waals surface area contributed by atoms with Crippen LogP contribution >= 0.6 is 11.3 Å². The van der Waals surface area contributed by atoms with Gasteiger partial charge in [-0.3, -0.25) is 0 Å². The van der Waals surface area contributed by atoms with Gasteiger partial charge < -0.3 is 13.6 Å². The Morgan fingerprint density at radius 1 is 0.403 bits per heavy atom. The average Bonchev–Trinajstić information content (AvgIpc) is 4.20. The fourth-order valence-corrected chi connectivity index (χ4v) is 12.0. The molecule has 0 N–H and O–H groups in total. The average molecular weight is 937 g/mol. The molecule has 10 aromatic carbocycles. The van der Waals surface area contributed by atoms with Crippen molar-refractivity contribution in [2.24, 2.45) is 0 Å². The second-order valence-electron chi connectivity index (χ2n) is 18.2. The van der Waals surface area contributed by atoms with E-state index in [0.717, 1.165) is 82.3 Å². The standard InChI is InChI=1S/C64H36N6OS/c65-37-42-34-51(64-67-62(38-16-4-1-5-17-38)66-63(68-64)39-18-6-2-7-19-39)59-46-24-11-14-26-56(46)71-61(59)60(42)70-53-30-28-40(41-29-31-58-50(33-41)45-23-12-15-27-57(45)72-58)32-47(53)49-36-54-48(35-55(49)70)44-22-10-13-25-52(44)69(54)43-20-8-3-9-21-43/h1-36H. The van der Waals surface area contributed by atoms with E-state index in [9.17, 15) is 5.26 Å². The van der Waals surface area contributed by atoms with Crippen molar-refractivity contribution in [3.05, 3.63) is 224 Å². The van der Waals surface area contributed by atoms with Gasteiger partial charge in [-0.2, -0.15) is 5.26 Å². The van der Waals surface area contributed by atoms with Crippen LogP contribution in [0.2, 0.25) is 0 Å². The Hall–Kier alpha value is -9.68. The molecule has 0 amide bonds. The van der Waals surface area contributed by atoms with Gasteiger partial charge in [0.25, 0.3) is 0 Å². The van der Waals surface area contributed by atoms with Crippen molar-refractivity contribution in [2.75, 3.05) is 0 Å². The quantitative estimate of drug-likeness (QED) is 0.166. The van der Waals surface area contributed by atoms with Gasteiger partial charge in [-0.15, -0.1) is 11.3 Å². The van der Waals surface area contributed by atoms with Crippen LogP contribution in [0.4, 0.5) is 0 Å². The molecule has 15 rings (SSSR count). The highest BCUT2D eigenvalue weighted by Crippen LogP contribution is 2.47. The first kappa shape index (κ1) is 40.2. The van der Waals surface area contributed by atoms with E-state index in [4.69, 9.17) is 19.4 Å². The second-order valence-corrected chi connectivity index (χ2v) is 19.3. The van der Waals surface area contributed by atoms with E-state index in [0.29, 0.717) is 45.5 Å². The zero-order valence-electron chi connectivity index (χ0n) is 38.3. The Balaban J connectivity index is 1.05. The molecule has 72 heavy (non-hydrogen) atoms. The van der Waals surface area contributed by atoms with E-state index in [1.807, 2.05) is 96.3 Å². The van der Waals surface area contributed by atoms with Crippen molar-refractivity contribution < 1.29 is 4.42 Å². The molecule has 0 aliphatic heterocycles. The first-order chi connectivity index (χ1) is 35.6. The molecule has 0 aliphatic carbocycles. The molecule has 5 heterocycles. The topological polar surface area (TPSA) is 85.5 Å². The van der Waals surface area contributed by atoms with Gasteiger partial charge in [-0.05, 0) is 83.9 Å². The number of furan rings is 1. The first-order valence-corrected chi connectivity index (χ1v) is 24.7. The third kappa shape index (κ3) is 6.05. The monoisotopic (exact) mass is 936 g/mol. The minimum Gasteiger partial charge on any atom is -0.454 e. The molecule has 0 aliphatic rings. The van der Waals surface area contributed by atoms with Crippen molar-refractivity contribution in [1.29, 1.82) is 5.26 Å². The van der Waals surface area contributed by atoms with E-state index in [1.165, 1.54) is 20.2 Å². The molecular formula is C64H36N6OS. The van der Waals surface area contributed by atoms with Crippen LogP contribution in [0, 0.1) is 11.3 Å². The second kappa shape index (κ2) is 15.7. The summed E-state index contributed by atoms with van der Waals surface area (Å²) in [6.45, 7) is 0. The number of rotatable bonds is 6. The van der Waals surface area contributed by atoms with E-state index in [1.54, 1.807) is 0 Å². The molecule has 0 saturated carbocycles. The number of fused-ring (bicyclic) bond motifs is 12. The van der Waals surface area contributed by atoms with Crippen LogP contribution in [-0.2, 0) is 0 Å². The van der Waals surface area contributed by atoms with Crippen LogP contribution < -0.4 is 0 Å².